The van der Waals surface area contributed by atoms with Gasteiger partial charge in [-0.25, -0.2) is 0 Å². The second-order valence-electron chi connectivity index (χ2n) is 12.1. The molecule has 5 atom stereocenters. The van der Waals surface area contributed by atoms with Gasteiger partial charge in [-0.1, -0.05) is 69.2 Å². The zero-order valence-corrected chi connectivity index (χ0v) is 24.2. The Morgan fingerprint density at radius 2 is 0.676 bits per heavy atom. The lowest BCUT2D eigenvalue weighted by Crippen LogP contribution is -2.60. The van der Waals surface area contributed by atoms with Crippen molar-refractivity contribution in [1.82, 2.24) is 26.6 Å². The number of carbonyl (C=O) groups excluding carboxylic acids is 5. The van der Waals surface area contributed by atoms with E-state index in [1.54, 1.807) is 41.5 Å². The van der Waals surface area contributed by atoms with Crippen LogP contribution in [0.5, 0.6) is 0 Å². The lowest BCUT2D eigenvalue weighted by Gasteiger charge is -2.29. The minimum Gasteiger partial charge on any atom is -0.343 e. The third-order valence-corrected chi connectivity index (χ3v) is 6.42. The van der Waals surface area contributed by atoms with Crippen LogP contribution in [0.15, 0.2) is 0 Å². The summed E-state index contributed by atoms with van der Waals surface area (Å²) in [6, 6.07) is -4.52. The van der Waals surface area contributed by atoms with Crippen molar-refractivity contribution in [3.63, 3.8) is 0 Å². The summed E-state index contributed by atoms with van der Waals surface area (Å²) in [4.78, 5) is 66.5. The molecule has 0 spiro atoms. The van der Waals surface area contributed by atoms with Crippen molar-refractivity contribution in [2.24, 2.45) is 29.6 Å². The fourth-order valence-electron chi connectivity index (χ4n) is 4.28. The van der Waals surface area contributed by atoms with E-state index in [0.717, 1.165) is 0 Å². The van der Waals surface area contributed by atoms with Gasteiger partial charge in [-0.15, -0.1) is 0 Å². The van der Waals surface area contributed by atoms with E-state index in [0.29, 0.717) is 12.8 Å². The lowest BCUT2D eigenvalue weighted by molar-refractivity contribution is -0.135. The van der Waals surface area contributed by atoms with Gasteiger partial charge in [0.1, 0.15) is 30.2 Å². The highest BCUT2D eigenvalue weighted by molar-refractivity contribution is 5.98. The molecular formula is C27H49N5O5. The summed E-state index contributed by atoms with van der Waals surface area (Å²) in [5.41, 5.74) is 0. The molecule has 1 aliphatic rings. The van der Waals surface area contributed by atoms with E-state index < -0.39 is 59.7 Å². The molecule has 212 valence electrons. The smallest absolute Gasteiger partial charge is 0.243 e. The van der Waals surface area contributed by atoms with Crippen LogP contribution in [0.3, 0.4) is 0 Å². The predicted molar refractivity (Wildman–Crippen MR) is 143 cm³/mol. The Bertz CT molecular complexity index is 810. The Hall–Kier alpha value is -2.65. The molecule has 0 saturated carbocycles. The van der Waals surface area contributed by atoms with Gasteiger partial charge in [0.2, 0.25) is 29.5 Å². The number of carbonyl (C=O) groups is 5. The zero-order valence-electron chi connectivity index (χ0n) is 24.2. The number of hydrogen-bond acceptors (Lipinski definition) is 5. The molecule has 0 aliphatic carbocycles. The normalized spacial score (nSPS) is 27.0. The van der Waals surface area contributed by atoms with Crippen LogP contribution >= 0.6 is 0 Å². The van der Waals surface area contributed by atoms with E-state index in [1.165, 1.54) is 0 Å². The molecule has 5 N–H and O–H groups in total. The first kappa shape index (κ1) is 32.4. The molecule has 10 nitrogen and oxygen atoms in total. The van der Waals surface area contributed by atoms with Gasteiger partial charge in [0.05, 0.1) is 0 Å². The van der Waals surface area contributed by atoms with Crippen LogP contribution in [0.2, 0.25) is 0 Å². The zero-order chi connectivity index (χ0) is 28.6. The van der Waals surface area contributed by atoms with Crippen LogP contribution in [0.1, 0.15) is 82.1 Å². The third kappa shape index (κ3) is 9.97. The molecule has 1 heterocycles. The molecule has 1 aliphatic heterocycles. The maximum absolute atomic E-state index is 13.3. The molecule has 37 heavy (non-hydrogen) atoms. The van der Waals surface area contributed by atoms with Crippen molar-refractivity contribution in [2.75, 3.05) is 0 Å². The van der Waals surface area contributed by atoms with Crippen LogP contribution in [0, 0.1) is 29.6 Å². The molecule has 1 rings (SSSR count). The summed E-state index contributed by atoms with van der Waals surface area (Å²) in [6.07, 6.45) is 0.709. The van der Waals surface area contributed by atoms with Crippen molar-refractivity contribution in [3.8, 4) is 0 Å². The molecular weight excluding hydrogens is 474 g/mol. The second-order valence-corrected chi connectivity index (χ2v) is 12.1. The van der Waals surface area contributed by atoms with Crippen molar-refractivity contribution >= 4 is 29.5 Å². The van der Waals surface area contributed by atoms with E-state index in [-0.39, 0.29) is 29.6 Å². The third-order valence-electron chi connectivity index (χ3n) is 6.42. The lowest BCUT2D eigenvalue weighted by atomic mass is 9.97. The van der Waals surface area contributed by atoms with Crippen molar-refractivity contribution in [1.29, 1.82) is 0 Å². The van der Waals surface area contributed by atoms with E-state index in [2.05, 4.69) is 26.6 Å². The van der Waals surface area contributed by atoms with Crippen molar-refractivity contribution < 1.29 is 24.0 Å². The van der Waals surface area contributed by atoms with Crippen LogP contribution in [0.4, 0.5) is 0 Å². The molecule has 10 heteroatoms. The number of hydrogen-bond donors (Lipinski definition) is 5. The Balaban J connectivity index is 3.58. The SMILES string of the molecule is CC(C)C[C@@H]1NC(=O)[C@H](C(C)C)NC(=O)[C@H](C(C)C)NC(=O)[C@H](CC(C)C)NC(=O)[C@@H](C(C)C)NC1=O. The highest BCUT2D eigenvalue weighted by Gasteiger charge is 2.37. The standard InChI is InChI=1S/C27H49N5O5/c1-13(2)11-18-23(33)30-20(15(5)6)25(35)28-19(12-14(3)4)24(34)31-22(17(9)10)27(37)32-21(16(7)8)26(36)29-18/h13-22H,11-12H2,1-10H3,(H,28,35)(H,29,36)(H,30,33)(H,31,34)(H,32,37)/t18-,19-,20+,21-,22-/m0/s1. The number of nitrogens with one attached hydrogen (secondary N) is 5. The summed E-state index contributed by atoms with van der Waals surface area (Å²) in [5, 5.41) is 14.0. The Labute approximate surface area is 222 Å². The summed E-state index contributed by atoms with van der Waals surface area (Å²) in [7, 11) is 0. The van der Waals surface area contributed by atoms with Gasteiger partial charge in [-0.2, -0.15) is 0 Å². The summed E-state index contributed by atoms with van der Waals surface area (Å²) in [6.45, 7) is 18.6. The molecule has 5 amide bonds. The Kier molecular flexibility index (Phi) is 12.5. The van der Waals surface area contributed by atoms with Gasteiger partial charge in [0, 0.05) is 0 Å². The molecule has 1 fully saturated rings. The quantitative estimate of drug-likeness (QED) is 0.343. The van der Waals surface area contributed by atoms with E-state index >= 15 is 0 Å². The van der Waals surface area contributed by atoms with Gasteiger partial charge < -0.3 is 26.6 Å². The van der Waals surface area contributed by atoms with Gasteiger partial charge in [0.15, 0.2) is 0 Å². The van der Waals surface area contributed by atoms with Gasteiger partial charge in [-0.3, -0.25) is 24.0 Å². The maximum atomic E-state index is 13.3. The summed E-state index contributed by atoms with van der Waals surface area (Å²) >= 11 is 0. The van der Waals surface area contributed by atoms with E-state index in [1.807, 2.05) is 27.7 Å². The maximum Gasteiger partial charge on any atom is 0.243 e. The minimum absolute atomic E-state index is 0.0825. The van der Waals surface area contributed by atoms with E-state index in [9.17, 15) is 24.0 Å². The first-order chi connectivity index (χ1) is 17.0. The fourth-order valence-corrected chi connectivity index (χ4v) is 4.28. The summed E-state index contributed by atoms with van der Waals surface area (Å²) < 4.78 is 0. The topological polar surface area (TPSA) is 146 Å². The van der Waals surface area contributed by atoms with Crippen molar-refractivity contribution in [2.45, 2.75) is 112 Å². The average molecular weight is 524 g/mol. The van der Waals surface area contributed by atoms with Crippen LogP contribution < -0.4 is 26.6 Å². The Morgan fingerprint density at radius 3 is 0.919 bits per heavy atom. The average Bonchev–Trinajstić information content (AvgIpc) is 2.75. The monoisotopic (exact) mass is 523 g/mol. The van der Waals surface area contributed by atoms with Crippen LogP contribution in [-0.4, -0.2) is 59.7 Å². The number of rotatable bonds is 7. The first-order valence-electron chi connectivity index (χ1n) is 13.6. The van der Waals surface area contributed by atoms with Crippen LogP contribution in [-0.2, 0) is 24.0 Å². The molecule has 0 radical (unpaired) electrons. The fraction of sp³-hybridized carbons (Fsp3) is 0.815. The highest BCUT2D eigenvalue weighted by atomic mass is 16.2. The largest absolute Gasteiger partial charge is 0.343 e. The predicted octanol–water partition coefficient (Wildman–Crippen LogP) is 1.48. The van der Waals surface area contributed by atoms with Crippen molar-refractivity contribution in [3.05, 3.63) is 0 Å². The van der Waals surface area contributed by atoms with Gasteiger partial charge in [0.25, 0.3) is 0 Å². The molecule has 0 aromatic carbocycles. The molecule has 0 unspecified atom stereocenters. The minimum atomic E-state index is -0.912. The van der Waals surface area contributed by atoms with Gasteiger partial charge >= 0.3 is 0 Å². The first-order valence-corrected chi connectivity index (χ1v) is 13.6. The molecule has 0 aromatic rings. The molecule has 0 bridgehead atoms. The molecule has 1 saturated heterocycles. The summed E-state index contributed by atoms with van der Waals surface area (Å²) in [5.74, 6) is -3.09. The highest BCUT2D eigenvalue weighted by Crippen LogP contribution is 2.13. The van der Waals surface area contributed by atoms with Crippen LogP contribution in [0.25, 0.3) is 0 Å². The van der Waals surface area contributed by atoms with Gasteiger partial charge in [-0.05, 0) is 42.4 Å². The number of amides is 5. The molecule has 0 aromatic heterocycles. The Morgan fingerprint density at radius 1 is 0.432 bits per heavy atom. The second kappa shape index (κ2) is 14.3. The van der Waals surface area contributed by atoms with E-state index in [4.69, 9.17) is 0 Å².